The first kappa shape index (κ1) is 10.2. The van der Waals surface area contributed by atoms with Crippen LogP contribution in [0, 0.1) is 6.92 Å². The maximum Gasteiger partial charge on any atom is 0.228 e. The molecule has 0 bridgehead atoms. The van der Waals surface area contributed by atoms with E-state index in [0.717, 1.165) is 16.3 Å². The van der Waals surface area contributed by atoms with Gasteiger partial charge in [0.1, 0.15) is 0 Å². The molecule has 80 valence electrons. The van der Waals surface area contributed by atoms with Gasteiger partial charge in [-0.05, 0) is 6.92 Å². The third-order valence-corrected chi connectivity index (χ3v) is 3.12. The smallest absolute Gasteiger partial charge is 0.228 e. The van der Waals surface area contributed by atoms with Crippen molar-refractivity contribution in [2.24, 2.45) is 0 Å². The fraction of sp³-hybridized carbons (Fsp3) is 0.400. The summed E-state index contributed by atoms with van der Waals surface area (Å²) in [4.78, 5) is 18.5. The van der Waals surface area contributed by atoms with E-state index < -0.39 is 0 Å². The molecule has 0 aliphatic heterocycles. The van der Waals surface area contributed by atoms with Crippen LogP contribution in [0.1, 0.15) is 11.4 Å². The van der Waals surface area contributed by atoms with Crippen LogP contribution in [0.5, 0.6) is 0 Å². The Hall–Kier alpha value is -1.36. The lowest BCUT2D eigenvalue weighted by molar-refractivity contribution is -0.128. The second kappa shape index (κ2) is 3.66. The number of amides is 1. The highest BCUT2D eigenvalue weighted by Crippen LogP contribution is 2.17. The number of likely N-dealkylation sites (N-methyl/N-ethyl adjacent to an activating group) is 1. The second-order valence-corrected chi connectivity index (χ2v) is 4.56. The number of imidazole rings is 1. The van der Waals surface area contributed by atoms with Crippen LogP contribution in [-0.2, 0) is 11.2 Å². The van der Waals surface area contributed by atoms with Crippen molar-refractivity contribution < 1.29 is 4.79 Å². The standard InChI is InChI=1S/C10H13N3OS/c1-7-5-13-8(4-9(14)12(2)3)6-15-10(13)11-7/h5-6H,4H2,1-3H3. The monoisotopic (exact) mass is 223 g/mol. The molecule has 15 heavy (non-hydrogen) atoms. The molecular weight excluding hydrogens is 210 g/mol. The number of hydrogen-bond acceptors (Lipinski definition) is 3. The molecule has 4 nitrogen and oxygen atoms in total. The van der Waals surface area contributed by atoms with Gasteiger partial charge in [0, 0.05) is 31.4 Å². The molecule has 2 rings (SSSR count). The van der Waals surface area contributed by atoms with E-state index >= 15 is 0 Å². The van der Waals surface area contributed by atoms with E-state index in [0.29, 0.717) is 6.42 Å². The number of fused-ring (bicyclic) bond motifs is 1. The molecule has 0 aromatic carbocycles. The van der Waals surface area contributed by atoms with Crippen molar-refractivity contribution in [3.8, 4) is 0 Å². The summed E-state index contributed by atoms with van der Waals surface area (Å²) in [7, 11) is 3.54. The summed E-state index contributed by atoms with van der Waals surface area (Å²) >= 11 is 1.57. The average molecular weight is 223 g/mol. The second-order valence-electron chi connectivity index (χ2n) is 3.73. The van der Waals surface area contributed by atoms with Gasteiger partial charge < -0.3 is 4.90 Å². The predicted octanol–water partition coefficient (Wildman–Crippen LogP) is 1.33. The van der Waals surface area contributed by atoms with Gasteiger partial charge in [-0.2, -0.15) is 0 Å². The van der Waals surface area contributed by atoms with Crippen molar-refractivity contribution in [2.75, 3.05) is 14.1 Å². The van der Waals surface area contributed by atoms with Crippen LogP contribution < -0.4 is 0 Å². The maximum atomic E-state index is 11.6. The van der Waals surface area contributed by atoms with Gasteiger partial charge in [0.05, 0.1) is 12.1 Å². The maximum absolute atomic E-state index is 11.6. The SMILES string of the molecule is Cc1cn2c(CC(=O)N(C)C)csc2n1. The number of thiazole rings is 1. The van der Waals surface area contributed by atoms with Gasteiger partial charge in [-0.25, -0.2) is 4.98 Å². The van der Waals surface area contributed by atoms with Gasteiger partial charge >= 0.3 is 0 Å². The summed E-state index contributed by atoms with van der Waals surface area (Å²) in [6, 6.07) is 0. The van der Waals surface area contributed by atoms with E-state index in [1.54, 1.807) is 30.3 Å². The van der Waals surface area contributed by atoms with Crippen LogP contribution in [-0.4, -0.2) is 34.3 Å². The molecule has 5 heteroatoms. The Morgan fingerprint density at radius 2 is 2.33 bits per heavy atom. The molecule has 2 aromatic heterocycles. The molecule has 0 N–H and O–H groups in total. The van der Waals surface area contributed by atoms with Crippen LogP contribution in [0.2, 0.25) is 0 Å². The van der Waals surface area contributed by atoms with Crippen molar-refractivity contribution in [1.82, 2.24) is 14.3 Å². The Morgan fingerprint density at radius 3 is 3.00 bits per heavy atom. The van der Waals surface area contributed by atoms with Crippen LogP contribution in [0.3, 0.4) is 0 Å². The van der Waals surface area contributed by atoms with Gasteiger partial charge in [-0.1, -0.05) is 0 Å². The van der Waals surface area contributed by atoms with E-state index in [1.165, 1.54) is 0 Å². The van der Waals surface area contributed by atoms with E-state index in [1.807, 2.05) is 22.9 Å². The lowest BCUT2D eigenvalue weighted by atomic mass is 10.3. The van der Waals surface area contributed by atoms with Gasteiger partial charge in [0.15, 0.2) is 4.96 Å². The number of hydrogen-bond donors (Lipinski definition) is 0. The first-order valence-electron chi connectivity index (χ1n) is 4.70. The highest BCUT2D eigenvalue weighted by Gasteiger charge is 2.11. The molecule has 0 aliphatic carbocycles. The fourth-order valence-corrected chi connectivity index (χ4v) is 2.30. The molecule has 2 heterocycles. The molecule has 0 fully saturated rings. The number of rotatable bonds is 2. The number of aryl methyl sites for hydroxylation is 1. The zero-order chi connectivity index (χ0) is 11.0. The minimum atomic E-state index is 0.112. The first-order chi connectivity index (χ1) is 7.08. The van der Waals surface area contributed by atoms with Gasteiger partial charge in [-0.15, -0.1) is 11.3 Å². The molecule has 0 spiro atoms. The van der Waals surface area contributed by atoms with E-state index in [-0.39, 0.29) is 5.91 Å². The van der Waals surface area contributed by atoms with Crippen LogP contribution in [0.25, 0.3) is 4.96 Å². The summed E-state index contributed by atoms with van der Waals surface area (Å²) in [6.07, 6.45) is 2.40. The Labute approximate surface area is 92.2 Å². The highest BCUT2D eigenvalue weighted by molar-refractivity contribution is 7.15. The zero-order valence-electron chi connectivity index (χ0n) is 9.02. The van der Waals surface area contributed by atoms with Crippen LogP contribution in [0.4, 0.5) is 0 Å². The van der Waals surface area contributed by atoms with Crippen molar-refractivity contribution in [1.29, 1.82) is 0 Å². The lowest BCUT2D eigenvalue weighted by Crippen LogP contribution is -2.23. The highest BCUT2D eigenvalue weighted by atomic mass is 32.1. The average Bonchev–Trinajstić information content (AvgIpc) is 2.66. The molecule has 2 aromatic rings. The topological polar surface area (TPSA) is 37.6 Å². The number of nitrogens with zero attached hydrogens (tertiary/aromatic N) is 3. The van der Waals surface area contributed by atoms with Crippen LogP contribution >= 0.6 is 11.3 Å². The van der Waals surface area contributed by atoms with Crippen molar-refractivity contribution >= 4 is 22.2 Å². The molecule has 0 saturated carbocycles. The molecule has 0 atom stereocenters. The predicted molar refractivity (Wildman–Crippen MR) is 60.2 cm³/mol. The van der Waals surface area contributed by atoms with E-state index in [2.05, 4.69) is 4.98 Å². The summed E-state index contributed by atoms with van der Waals surface area (Å²) in [5.41, 5.74) is 2.00. The first-order valence-corrected chi connectivity index (χ1v) is 5.58. The Bertz CT molecular complexity index is 498. The van der Waals surface area contributed by atoms with Crippen molar-refractivity contribution in [3.63, 3.8) is 0 Å². The fourth-order valence-electron chi connectivity index (χ4n) is 1.38. The molecule has 0 unspecified atom stereocenters. The Kier molecular flexibility index (Phi) is 2.48. The van der Waals surface area contributed by atoms with Crippen molar-refractivity contribution in [2.45, 2.75) is 13.3 Å². The van der Waals surface area contributed by atoms with Crippen LogP contribution in [0.15, 0.2) is 11.6 Å². The third kappa shape index (κ3) is 1.87. The van der Waals surface area contributed by atoms with Gasteiger partial charge in [0.2, 0.25) is 5.91 Å². The molecule has 0 radical (unpaired) electrons. The minimum absolute atomic E-state index is 0.112. The minimum Gasteiger partial charge on any atom is -0.348 e. The lowest BCUT2D eigenvalue weighted by Gasteiger charge is -2.08. The number of aromatic nitrogens is 2. The Morgan fingerprint density at radius 1 is 1.60 bits per heavy atom. The normalized spacial score (nSPS) is 10.9. The number of carbonyl (C=O) groups excluding carboxylic acids is 1. The van der Waals surface area contributed by atoms with Gasteiger partial charge in [0.25, 0.3) is 0 Å². The molecular formula is C10H13N3OS. The Balaban J connectivity index is 2.31. The molecule has 0 aliphatic rings. The summed E-state index contributed by atoms with van der Waals surface area (Å²) in [5.74, 6) is 0.112. The zero-order valence-corrected chi connectivity index (χ0v) is 9.84. The number of carbonyl (C=O) groups is 1. The summed E-state index contributed by atoms with van der Waals surface area (Å²) in [6.45, 7) is 1.96. The van der Waals surface area contributed by atoms with Gasteiger partial charge in [-0.3, -0.25) is 9.20 Å². The van der Waals surface area contributed by atoms with Crippen molar-refractivity contribution in [3.05, 3.63) is 23.0 Å². The largest absolute Gasteiger partial charge is 0.348 e. The molecule has 1 amide bonds. The quantitative estimate of drug-likeness (QED) is 0.770. The third-order valence-electron chi connectivity index (χ3n) is 2.23. The molecule has 0 saturated heterocycles. The summed E-state index contributed by atoms with van der Waals surface area (Å²) < 4.78 is 1.99. The van der Waals surface area contributed by atoms with E-state index in [4.69, 9.17) is 0 Å². The summed E-state index contributed by atoms with van der Waals surface area (Å²) in [5, 5.41) is 1.99. The van der Waals surface area contributed by atoms with E-state index in [9.17, 15) is 4.79 Å².